The van der Waals surface area contributed by atoms with E-state index in [1.165, 1.54) is 13.0 Å². The van der Waals surface area contributed by atoms with Crippen LogP contribution < -0.4 is 5.32 Å². The van der Waals surface area contributed by atoms with Gasteiger partial charge in [-0.15, -0.1) is 0 Å². The molecule has 264 valence electrons. The van der Waals surface area contributed by atoms with E-state index in [4.69, 9.17) is 14.2 Å². The number of hydrogen-bond acceptors (Lipinski definition) is 12. The number of ketones is 3. The summed E-state index contributed by atoms with van der Waals surface area (Å²) in [6.07, 6.45) is -5.52. The van der Waals surface area contributed by atoms with Gasteiger partial charge in [-0.1, -0.05) is 48.0 Å². The van der Waals surface area contributed by atoms with Crippen molar-refractivity contribution in [1.82, 2.24) is 5.32 Å². The molecule has 0 bridgehead atoms. The molecule has 2 aliphatic carbocycles. The predicted octanol–water partition coefficient (Wildman–Crippen LogP) is 2.75. The Kier molecular flexibility index (Phi) is 9.08. The number of ether oxygens (including phenoxy) is 3. The Hall–Kier alpha value is -4.66. The topological polar surface area (TPSA) is 209 Å². The maximum Gasteiger partial charge on any atom is 0.407 e. The zero-order valence-electron chi connectivity index (χ0n) is 28.0. The number of aromatic hydroxyl groups is 2. The monoisotopic (exact) mass is 689 g/mol. The lowest BCUT2D eigenvalue weighted by Gasteiger charge is -2.47. The van der Waals surface area contributed by atoms with Crippen molar-refractivity contribution < 1.29 is 58.9 Å². The highest BCUT2D eigenvalue weighted by Crippen LogP contribution is 2.54. The number of fused-ring (bicyclic) bond motifs is 3. The number of nitrogens with one attached hydrogen (secondary N) is 1. The van der Waals surface area contributed by atoms with Gasteiger partial charge in [-0.3, -0.25) is 14.4 Å². The summed E-state index contributed by atoms with van der Waals surface area (Å²) < 4.78 is 17.7. The Balaban J connectivity index is 1.35. The highest BCUT2D eigenvalue weighted by atomic mass is 16.7. The number of hydrogen-bond donors (Lipinski definition) is 6. The van der Waals surface area contributed by atoms with E-state index in [0.717, 1.165) is 11.1 Å². The summed E-state index contributed by atoms with van der Waals surface area (Å²) in [4.78, 5) is 53.4. The van der Waals surface area contributed by atoms with Crippen LogP contribution in [0.25, 0.3) is 0 Å². The van der Waals surface area contributed by atoms with Crippen LogP contribution in [0.5, 0.6) is 11.5 Å². The number of amides is 1. The van der Waals surface area contributed by atoms with Gasteiger partial charge in [0, 0.05) is 41.5 Å². The van der Waals surface area contributed by atoms with Crippen LogP contribution >= 0.6 is 0 Å². The van der Waals surface area contributed by atoms with Crippen molar-refractivity contribution in [2.24, 2.45) is 0 Å². The third kappa shape index (κ3) is 5.94. The van der Waals surface area contributed by atoms with Crippen LogP contribution in [-0.4, -0.2) is 85.7 Å². The SMILES string of the molecule is Cc1ccc(COC(=O)N[C@H]2C[C@H](O[C@@]3(C)C[C@](O)(C(=O)CO)Cc4c(O)c5c(c(O)c43)C(=O)c3c(C)cccc3C5=O)O[C@@H](C)[C@H]2O)cc1. The molecular formula is C37H39NO12. The highest BCUT2D eigenvalue weighted by Gasteiger charge is 2.55. The number of phenols is 2. The Bertz CT molecular complexity index is 1910. The van der Waals surface area contributed by atoms with E-state index in [0.29, 0.717) is 5.56 Å². The van der Waals surface area contributed by atoms with Gasteiger partial charge < -0.3 is 45.1 Å². The summed E-state index contributed by atoms with van der Waals surface area (Å²) in [5, 5.41) is 58.4. The molecule has 1 heterocycles. The Labute approximate surface area is 287 Å². The lowest BCUT2D eigenvalue weighted by Crippen LogP contribution is -2.58. The van der Waals surface area contributed by atoms with E-state index < -0.39 is 101 Å². The van der Waals surface area contributed by atoms with E-state index in [9.17, 15) is 44.7 Å². The Morgan fingerprint density at radius 2 is 1.68 bits per heavy atom. The molecule has 13 heteroatoms. The first-order chi connectivity index (χ1) is 23.6. The van der Waals surface area contributed by atoms with Crippen LogP contribution in [-0.2, 0) is 37.6 Å². The molecule has 1 fully saturated rings. The van der Waals surface area contributed by atoms with Crippen molar-refractivity contribution in [3.63, 3.8) is 0 Å². The minimum Gasteiger partial charge on any atom is -0.507 e. The normalized spacial score (nSPS) is 27.2. The van der Waals surface area contributed by atoms with Crippen molar-refractivity contribution >= 4 is 23.4 Å². The van der Waals surface area contributed by atoms with E-state index >= 15 is 0 Å². The van der Waals surface area contributed by atoms with E-state index in [1.807, 2.05) is 31.2 Å². The van der Waals surface area contributed by atoms with Crippen molar-refractivity contribution in [3.8, 4) is 11.5 Å². The number of alkyl carbamates (subject to hydrolysis) is 1. The number of Topliss-reactive ketones (excluding diaryl/α,β-unsaturated/α-hetero) is 1. The van der Waals surface area contributed by atoms with Crippen LogP contribution in [0.4, 0.5) is 4.79 Å². The first-order valence-electron chi connectivity index (χ1n) is 16.3. The molecule has 1 aliphatic heterocycles. The molecule has 0 radical (unpaired) electrons. The van der Waals surface area contributed by atoms with Crippen molar-refractivity contribution in [3.05, 3.63) is 92.5 Å². The van der Waals surface area contributed by atoms with Gasteiger partial charge in [-0.2, -0.15) is 0 Å². The van der Waals surface area contributed by atoms with Gasteiger partial charge in [0.25, 0.3) is 0 Å². The van der Waals surface area contributed by atoms with Gasteiger partial charge in [0.15, 0.2) is 23.6 Å². The van der Waals surface area contributed by atoms with Crippen LogP contribution in [0.3, 0.4) is 0 Å². The lowest BCUT2D eigenvalue weighted by atomic mass is 9.67. The third-order valence-corrected chi connectivity index (χ3v) is 9.93. The largest absolute Gasteiger partial charge is 0.507 e. The molecule has 0 spiro atoms. The van der Waals surface area contributed by atoms with Gasteiger partial charge in [-0.05, 0) is 38.8 Å². The average molecular weight is 690 g/mol. The van der Waals surface area contributed by atoms with Gasteiger partial charge >= 0.3 is 6.09 Å². The summed E-state index contributed by atoms with van der Waals surface area (Å²) in [6.45, 7) is 5.42. The molecule has 0 unspecified atom stereocenters. The molecule has 6 rings (SSSR count). The van der Waals surface area contributed by atoms with Crippen LogP contribution in [0.15, 0.2) is 42.5 Å². The summed E-state index contributed by atoms with van der Waals surface area (Å²) in [5.74, 6) is -3.86. The van der Waals surface area contributed by atoms with Crippen LogP contribution in [0.2, 0.25) is 0 Å². The smallest absolute Gasteiger partial charge is 0.407 e. The molecule has 3 aromatic rings. The number of aliphatic hydroxyl groups excluding tert-OH is 2. The molecule has 3 aliphatic rings. The van der Waals surface area contributed by atoms with Crippen molar-refractivity contribution in [1.29, 1.82) is 0 Å². The minimum atomic E-state index is -2.35. The molecule has 1 saturated heterocycles. The quantitative estimate of drug-likeness (QED) is 0.155. The van der Waals surface area contributed by atoms with E-state index in [1.54, 1.807) is 26.0 Å². The van der Waals surface area contributed by atoms with Crippen molar-refractivity contribution in [2.45, 2.75) is 89.3 Å². The van der Waals surface area contributed by atoms with Crippen LogP contribution in [0, 0.1) is 13.8 Å². The zero-order chi connectivity index (χ0) is 36.3. The van der Waals surface area contributed by atoms with Gasteiger partial charge in [0.1, 0.15) is 42.0 Å². The number of carbonyl (C=O) groups is 4. The first kappa shape index (κ1) is 35.2. The number of carbonyl (C=O) groups excluding carboxylic acids is 4. The van der Waals surface area contributed by atoms with Gasteiger partial charge in [0.05, 0.1) is 23.3 Å². The van der Waals surface area contributed by atoms with E-state index in [2.05, 4.69) is 5.32 Å². The number of rotatable bonds is 7. The molecular weight excluding hydrogens is 650 g/mol. The minimum absolute atomic E-state index is 0.0211. The Morgan fingerprint density at radius 3 is 2.36 bits per heavy atom. The van der Waals surface area contributed by atoms with Crippen LogP contribution in [0.1, 0.15) is 86.3 Å². The standard InChI is InChI=1S/C37H39NO12/c1-17-8-10-20(11-9-17)15-48-35(46)38-23-12-25(49-19(3)30(23)41)50-36(4)16-37(47,24(40)14-39)13-22-29(36)34(45)28-27(32(22)43)31(42)21-7-5-6-18(2)26(21)33(28)44/h5-11,19,23,25,30,39,41,43,45,47H,12-16H2,1-4H3,(H,38,46)/t19-,23-,25-,30+,36-,37-/m0/s1. The maximum atomic E-state index is 13.9. The lowest BCUT2D eigenvalue weighted by molar-refractivity contribution is -0.275. The van der Waals surface area contributed by atoms with E-state index in [-0.39, 0.29) is 35.3 Å². The molecule has 0 saturated carbocycles. The number of benzene rings is 3. The number of aryl methyl sites for hydroxylation is 2. The summed E-state index contributed by atoms with van der Waals surface area (Å²) in [6, 6.07) is 11.1. The predicted molar refractivity (Wildman–Crippen MR) is 175 cm³/mol. The van der Waals surface area contributed by atoms with Crippen molar-refractivity contribution in [2.75, 3.05) is 6.61 Å². The maximum absolute atomic E-state index is 13.9. The van der Waals surface area contributed by atoms with Gasteiger partial charge in [-0.25, -0.2) is 4.79 Å². The second-order valence-corrected chi connectivity index (χ2v) is 13.6. The molecule has 50 heavy (non-hydrogen) atoms. The number of aliphatic hydroxyl groups is 3. The number of phenolic OH excluding ortho intramolecular Hbond substituents is 2. The molecule has 13 nitrogen and oxygen atoms in total. The average Bonchev–Trinajstić information content (AvgIpc) is 3.06. The zero-order valence-corrected chi connectivity index (χ0v) is 28.0. The second-order valence-electron chi connectivity index (χ2n) is 13.6. The fourth-order valence-corrected chi connectivity index (χ4v) is 7.41. The molecule has 6 atom stereocenters. The molecule has 6 N–H and O–H groups in total. The third-order valence-electron chi connectivity index (χ3n) is 9.93. The fraction of sp³-hybridized carbons (Fsp3) is 0.405. The molecule has 0 aromatic heterocycles. The summed E-state index contributed by atoms with van der Waals surface area (Å²) >= 11 is 0. The second kappa shape index (κ2) is 12.9. The molecule has 1 amide bonds. The Morgan fingerprint density at radius 1 is 1.00 bits per heavy atom. The summed E-state index contributed by atoms with van der Waals surface area (Å²) in [5.41, 5.74) is -3.21. The van der Waals surface area contributed by atoms with Gasteiger partial charge in [0.2, 0.25) is 0 Å². The summed E-state index contributed by atoms with van der Waals surface area (Å²) in [7, 11) is 0. The fourth-order valence-electron chi connectivity index (χ4n) is 7.41. The molecule has 3 aromatic carbocycles. The highest BCUT2D eigenvalue weighted by molar-refractivity contribution is 6.31. The first-order valence-corrected chi connectivity index (χ1v) is 16.3.